The molecule has 1 N–H and O–H groups in total. The first-order chi connectivity index (χ1) is 4.18. The second kappa shape index (κ2) is 17.4. The standard InChI is InChI=1S/C3HCl2N3O.5Na.5H/c4-1-6-2(5)8-3(9)7-1;;;;;;;;;;/h(H,6,7,8,9);;;;;;;;;;. The third-order valence-corrected chi connectivity index (χ3v) is 0.907. The molecule has 0 aliphatic heterocycles. The van der Waals surface area contributed by atoms with Crippen molar-refractivity contribution in [3.8, 4) is 6.01 Å². The summed E-state index contributed by atoms with van der Waals surface area (Å²) in [5, 5.41) is 8.33. The van der Waals surface area contributed by atoms with Crippen LogP contribution in [0.2, 0.25) is 10.6 Å². The van der Waals surface area contributed by atoms with Crippen LogP contribution in [0.4, 0.5) is 0 Å². The molecule has 14 heavy (non-hydrogen) atoms. The molecule has 0 unspecified atom stereocenters. The molecule has 1 aromatic heterocycles. The summed E-state index contributed by atoms with van der Waals surface area (Å²) in [5.74, 6) is 0. The maximum atomic E-state index is 8.56. The number of halogens is 2. The van der Waals surface area contributed by atoms with Crippen LogP contribution in [0.15, 0.2) is 0 Å². The van der Waals surface area contributed by atoms with E-state index in [1.807, 2.05) is 0 Å². The van der Waals surface area contributed by atoms with E-state index in [-0.39, 0.29) is 158 Å². The van der Waals surface area contributed by atoms with Crippen LogP contribution in [0, 0.1) is 0 Å². The third-order valence-electron chi connectivity index (χ3n) is 0.569. The summed E-state index contributed by atoms with van der Waals surface area (Å²) in [4.78, 5) is 9.88. The van der Waals surface area contributed by atoms with Crippen LogP contribution in [0.1, 0.15) is 0 Å². The van der Waals surface area contributed by atoms with Gasteiger partial charge in [-0.3, -0.25) is 0 Å². The molecule has 1 heterocycles. The first-order valence-corrected chi connectivity index (χ1v) is 2.70. The van der Waals surface area contributed by atoms with Gasteiger partial charge in [0.05, 0.1) is 0 Å². The molecule has 0 saturated carbocycles. The van der Waals surface area contributed by atoms with E-state index in [9.17, 15) is 0 Å². The predicted octanol–water partition coefficient (Wildman–Crippen LogP) is -2.36. The average molecular weight is 286 g/mol. The summed E-state index contributed by atoms with van der Waals surface area (Å²) >= 11 is 10.5. The molecule has 0 bridgehead atoms. The van der Waals surface area contributed by atoms with Crippen LogP contribution in [-0.2, 0) is 0 Å². The van der Waals surface area contributed by atoms with E-state index in [2.05, 4.69) is 15.0 Å². The van der Waals surface area contributed by atoms with Crippen LogP contribution in [0.25, 0.3) is 0 Å². The van der Waals surface area contributed by atoms with E-state index in [1.165, 1.54) is 0 Å². The van der Waals surface area contributed by atoms with Gasteiger partial charge in [-0.2, -0.15) is 15.0 Å². The van der Waals surface area contributed by atoms with Crippen LogP contribution >= 0.6 is 23.2 Å². The number of aromatic nitrogens is 3. The van der Waals surface area contributed by atoms with Crippen molar-refractivity contribution in [3.05, 3.63) is 10.6 Å². The molecule has 0 atom stereocenters. The molecule has 0 spiro atoms. The molecule has 1 aromatic rings. The molecule has 11 heteroatoms. The van der Waals surface area contributed by atoms with Gasteiger partial charge in [-0.1, -0.05) is 0 Å². The third kappa shape index (κ3) is 14.5. The molecule has 0 fully saturated rings. The monoisotopic (exact) mass is 285 g/mol. The van der Waals surface area contributed by atoms with E-state index in [0.29, 0.717) is 0 Å². The van der Waals surface area contributed by atoms with Crippen LogP contribution in [-0.4, -0.2) is 168 Å². The van der Waals surface area contributed by atoms with Gasteiger partial charge in [-0.05, 0) is 23.2 Å². The number of aromatic hydroxyl groups is 1. The molecule has 0 amide bonds. The molecule has 58 valence electrons. The zero-order valence-corrected chi connectivity index (χ0v) is 5.56. The number of hydrogen-bond acceptors (Lipinski definition) is 4. The van der Waals surface area contributed by atoms with Gasteiger partial charge in [0.25, 0.3) is 0 Å². The quantitative estimate of drug-likeness (QED) is 0.542. The van der Waals surface area contributed by atoms with Crippen molar-refractivity contribution in [1.29, 1.82) is 0 Å². The minimum absolute atomic E-state index is 0. The van der Waals surface area contributed by atoms with E-state index >= 15 is 0 Å². The maximum absolute atomic E-state index is 8.56. The Morgan fingerprint density at radius 2 is 1.00 bits per heavy atom. The van der Waals surface area contributed by atoms with Gasteiger partial charge in [0, 0.05) is 0 Å². The predicted molar refractivity (Wildman–Crippen MR) is 67.3 cm³/mol. The molecule has 0 aromatic carbocycles. The van der Waals surface area contributed by atoms with Crippen LogP contribution in [0.5, 0.6) is 6.01 Å². The summed E-state index contributed by atoms with van der Waals surface area (Å²) in [6, 6.07) is -0.472. The Bertz CT molecular complexity index is 191. The second-order valence-corrected chi connectivity index (χ2v) is 1.85. The Morgan fingerprint density at radius 1 is 0.714 bits per heavy atom. The van der Waals surface area contributed by atoms with Gasteiger partial charge in [0.1, 0.15) is 0 Å². The molecule has 1 rings (SSSR count). The number of rotatable bonds is 0. The fourth-order valence-corrected chi connectivity index (χ4v) is 0.671. The number of hydrogen-bond donors (Lipinski definition) is 1. The molecule has 0 saturated heterocycles. The first-order valence-electron chi connectivity index (χ1n) is 1.94. The zero-order valence-electron chi connectivity index (χ0n) is 4.04. The Kier molecular flexibility index (Phi) is 38.5. The SMILES string of the molecule is Oc1nc(Cl)nc(Cl)n1.[NaH].[NaH].[NaH].[NaH].[NaH]. The molecular formula is C3H6Cl2N3Na5O. The summed E-state index contributed by atoms with van der Waals surface area (Å²) < 4.78 is 0. The van der Waals surface area contributed by atoms with Gasteiger partial charge in [0.15, 0.2) is 0 Å². The fraction of sp³-hybridized carbons (Fsp3) is 0. The Hall–Kier alpha value is 4.39. The van der Waals surface area contributed by atoms with Crippen molar-refractivity contribution >= 4 is 171 Å². The first kappa shape index (κ1) is 31.0. The zero-order chi connectivity index (χ0) is 6.85. The van der Waals surface area contributed by atoms with Crippen molar-refractivity contribution < 1.29 is 5.11 Å². The van der Waals surface area contributed by atoms with E-state index in [1.54, 1.807) is 0 Å². The van der Waals surface area contributed by atoms with Crippen molar-refractivity contribution in [2.45, 2.75) is 0 Å². The number of nitrogens with zero attached hydrogens (tertiary/aromatic N) is 3. The van der Waals surface area contributed by atoms with E-state index in [0.717, 1.165) is 0 Å². The van der Waals surface area contributed by atoms with Gasteiger partial charge in [0.2, 0.25) is 10.6 Å². The molecule has 0 aliphatic carbocycles. The molecular weight excluding hydrogens is 280 g/mol. The Morgan fingerprint density at radius 3 is 1.21 bits per heavy atom. The van der Waals surface area contributed by atoms with Crippen LogP contribution < -0.4 is 0 Å². The topological polar surface area (TPSA) is 58.9 Å². The summed E-state index contributed by atoms with van der Waals surface area (Å²) in [6.07, 6.45) is 0. The van der Waals surface area contributed by atoms with Gasteiger partial charge >= 0.3 is 154 Å². The van der Waals surface area contributed by atoms with Gasteiger partial charge in [-0.15, -0.1) is 0 Å². The Labute approximate surface area is 203 Å². The van der Waals surface area contributed by atoms with Crippen LogP contribution in [0.3, 0.4) is 0 Å². The van der Waals surface area contributed by atoms with Crippen molar-refractivity contribution in [3.63, 3.8) is 0 Å². The van der Waals surface area contributed by atoms with Gasteiger partial charge in [-0.25, -0.2) is 0 Å². The molecule has 4 nitrogen and oxygen atoms in total. The minimum atomic E-state index is -0.472. The Balaban J connectivity index is -0.0000000540. The average Bonchev–Trinajstić information content (AvgIpc) is 1.59. The van der Waals surface area contributed by atoms with Crippen molar-refractivity contribution in [2.24, 2.45) is 0 Å². The normalized spacial score (nSPS) is 6.14. The molecule has 0 radical (unpaired) electrons. The van der Waals surface area contributed by atoms with Crippen molar-refractivity contribution in [2.75, 3.05) is 0 Å². The summed E-state index contributed by atoms with van der Waals surface area (Å²) in [6.45, 7) is 0. The van der Waals surface area contributed by atoms with E-state index in [4.69, 9.17) is 28.3 Å². The fourth-order valence-electron chi connectivity index (χ4n) is 0.316. The second-order valence-electron chi connectivity index (χ2n) is 1.17. The summed E-state index contributed by atoms with van der Waals surface area (Å²) in [7, 11) is 0. The van der Waals surface area contributed by atoms with E-state index < -0.39 is 6.01 Å². The summed E-state index contributed by atoms with van der Waals surface area (Å²) in [5.41, 5.74) is 0. The van der Waals surface area contributed by atoms with Crippen molar-refractivity contribution in [1.82, 2.24) is 15.0 Å². The van der Waals surface area contributed by atoms with Gasteiger partial charge < -0.3 is 5.11 Å². The molecule has 0 aliphatic rings.